The molecule has 2 N–H and O–H groups in total. The van der Waals surface area contributed by atoms with Crippen molar-refractivity contribution in [2.45, 2.75) is 19.3 Å². The number of piperidine rings is 1. The first-order valence-electron chi connectivity index (χ1n) is 8.44. The number of esters is 1. The molecule has 24 heavy (non-hydrogen) atoms. The third kappa shape index (κ3) is 3.70. The molecular formula is C20H24N2O2. The van der Waals surface area contributed by atoms with E-state index in [1.165, 1.54) is 12.7 Å². The molecule has 0 amide bonds. The number of nitrogens with zero attached hydrogens (tertiary/aromatic N) is 1. The highest BCUT2D eigenvalue weighted by Gasteiger charge is 2.21. The number of hydrogen-bond acceptors (Lipinski definition) is 4. The van der Waals surface area contributed by atoms with Gasteiger partial charge in [0.15, 0.2) is 0 Å². The summed E-state index contributed by atoms with van der Waals surface area (Å²) in [6, 6.07) is 16.1. The van der Waals surface area contributed by atoms with Crippen molar-refractivity contribution in [2.24, 2.45) is 5.92 Å². The number of benzene rings is 2. The SMILES string of the molecule is COC(=O)c1ccc(N2CCC(Cc3ccccc3)CC2)c(N)c1. The Kier molecular flexibility index (Phi) is 5.04. The van der Waals surface area contributed by atoms with Gasteiger partial charge in [-0.25, -0.2) is 4.79 Å². The minimum Gasteiger partial charge on any atom is -0.465 e. The van der Waals surface area contributed by atoms with Crippen LogP contribution in [0.25, 0.3) is 0 Å². The lowest BCUT2D eigenvalue weighted by atomic mass is 9.90. The number of anilines is 2. The Labute approximate surface area is 143 Å². The molecule has 0 aliphatic carbocycles. The second-order valence-electron chi connectivity index (χ2n) is 6.39. The molecule has 0 radical (unpaired) electrons. The number of carbonyl (C=O) groups excluding carboxylic acids is 1. The number of methoxy groups -OCH3 is 1. The predicted molar refractivity (Wildman–Crippen MR) is 97.3 cm³/mol. The summed E-state index contributed by atoms with van der Waals surface area (Å²) in [5, 5.41) is 0. The first-order valence-corrected chi connectivity index (χ1v) is 8.44. The van der Waals surface area contributed by atoms with Crippen LogP contribution in [-0.4, -0.2) is 26.2 Å². The standard InChI is InChI=1S/C20H24N2O2/c1-24-20(23)17-7-8-19(18(21)14-17)22-11-9-16(10-12-22)13-15-5-3-2-4-6-15/h2-8,14,16H,9-13,21H2,1H3. The van der Waals surface area contributed by atoms with E-state index in [2.05, 4.69) is 35.2 Å². The van der Waals surface area contributed by atoms with E-state index in [0.717, 1.165) is 44.0 Å². The van der Waals surface area contributed by atoms with Crippen molar-refractivity contribution in [1.29, 1.82) is 0 Å². The van der Waals surface area contributed by atoms with Crippen molar-refractivity contribution in [1.82, 2.24) is 0 Å². The van der Waals surface area contributed by atoms with E-state index in [9.17, 15) is 4.79 Å². The number of nitrogen functional groups attached to an aromatic ring is 1. The van der Waals surface area contributed by atoms with Crippen LogP contribution in [0.2, 0.25) is 0 Å². The molecule has 1 aliphatic heterocycles. The van der Waals surface area contributed by atoms with Crippen molar-refractivity contribution in [2.75, 3.05) is 30.8 Å². The highest BCUT2D eigenvalue weighted by Crippen LogP contribution is 2.30. The third-order valence-electron chi connectivity index (χ3n) is 4.77. The Hall–Kier alpha value is -2.49. The maximum absolute atomic E-state index is 11.6. The fraction of sp³-hybridized carbons (Fsp3) is 0.350. The van der Waals surface area contributed by atoms with Gasteiger partial charge in [-0.15, -0.1) is 0 Å². The normalized spacial score (nSPS) is 15.3. The average Bonchev–Trinajstić information content (AvgIpc) is 2.62. The summed E-state index contributed by atoms with van der Waals surface area (Å²) in [7, 11) is 1.38. The Morgan fingerprint density at radius 2 is 1.88 bits per heavy atom. The summed E-state index contributed by atoms with van der Waals surface area (Å²) in [6.45, 7) is 2.00. The van der Waals surface area contributed by atoms with E-state index >= 15 is 0 Å². The van der Waals surface area contributed by atoms with Crippen LogP contribution in [0.4, 0.5) is 11.4 Å². The molecule has 0 aromatic heterocycles. The van der Waals surface area contributed by atoms with Gasteiger partial charge in [0.05, 0.1) is 24.0 Å². The fourth-order valence-electron chi connectivity index (χ4n) is 3.41. The number of nitrogens with two attached hydrogens (primary N) is 1. The molecule has 2 aromatic carbocycles. The molecule has 3 rings (SSSR count). The first kappa shape index (κ1) is 16.4. The summed E-state index contributed by atoms with van der Waals surface area (Å²) in [5.41, 5.74) is 9.72. The van der Waals surface area contributed by atoms with E-state index < -0.39 is 0 Å². The smallest absolute Gasteiger partial charge is 0.337 e. The second-order valence-corrected chi connectivity index (χ2v) is 6.39. The summed E-state index contributed by atoms with van der Waals surface area (Å²) in [5.74, 6) is 0.369. The molecule has 126 valence electrons. The molecule has 0 unspecified atom stereocenters. The Bertz CT molecular complexity index is 692. The van der Waals surface area contributed by atoms with Crippen LogP contribution in [0.3, 0.4) is 0 Å². The van der Waals surface area contributed by atoms with Crippen LogP contribution in [0.15, 0.2) is 48.5 Å². The van der Waals surface area contributed by atoms with E-state index in [0.29, 0.717) is 11.3 Å². The van der Waals surface area contributed by atoms with Crippen molar-refractivity contribution >= 4 is 17.3 Å². The van der Waals surface area contributed by atoms with Crippen LogP contribution < -0.4 is 10.6 Å². The number of ether oxygens (including phenoxy) is 1. The summed E-state index contributed by atoms with van der Waals surface area (Å²) >= 11 is 0. The van der Waals surface area contributed by atoms with Crippen LogP contribution in [0.1, 0.15) is 28.8 Å². The fourth-order valence-corrected chi connectivity index (χ4v) is 3.41. The van der Waals surface area contributed by atoms with Gasteiger partial charge >= 0.3 is 5.97 Å². The van der Waals surface area contributed by atoms with Gasteiger partial charge < -0.3 is 15.4 Å². The van der Waals surface area contributed by atoms with Gasteiger partial charge in [-0.1, -0.05) is 30.3 Å². The molecule has 1 saturated heterocycles. The molecular weight excluding hydrogens is 300 g/mol. The summed E-state index contributed by atoms with van der Waals surface area (Å²) in [4.78, 5) is 13.9. The van der Waals surface area contributed by atoms with Gasteiger partial charge in [-0.3, -0.25) is 0 Å². The quantitative estimate of drug-likeness (QED) is 0.691. The molecule has 1 aliphatic rings. The second kappa shape index (κ2) is 7.39. The monoisotopic (exact) mass is 324 g/mol. The molecule has 0 atom stereocenters. The molecule has 2 aromatic rings. The van der Waals surface area contributed by atoms with Gasteiger partial charge in [0.1, 0.15) is 0 Å². The van der Waals surface area contributed by atoms with Crippen molar-refractivity contribution < 1.29 is 9.53 Å². The molecule has 1 fully saturated rings. The van der Waals surface area contributed by atoms with Crippen LogP contribution in [0.5, 0.6) is 0 Å². The average molecular weight is 324 g/mol. The third-order valence-corrected chi connectivity index (χ3v) is 4.77. The lowest BCUT2D eigenvalue weighted by Crippen LogP contribution is -2.34. The number of rotatable bonds is 4. The van der Waals surface area contributed by atoms with Crippen molar-refractivity contribution in [3.63, 3.8) is 0 Å². The van der Waals surface area contributed by atoms with Crippen LogP contribution in [-0.2, 0) is 11.2 Å². The van der Waals surface area contributed by atoms with Crippen molar-refractivity contribution in [3.8, 4) is 0 Å². The van der Waals surface area contributed by atoms with Gasteiger partial charge in [0, 0.05) is 13.1 Å². The Morgan fingerprint density at radius 3 is 2.50 bits per heavy atom. The largest absolute Gasteiger partial charge is 0.465 e. The number of carbonyl (C=O) groups is 1. The van der Waals surface area contributed by atoms with Crippen molar-refractivity contribution in [3.05, 3.63) is 59.7 Å². The minimum absolute atomic E-state index is 0.352. The minimum atomic E-state index is -0.352. The Morgan fingerprint density at radius 1 is 1.17 bits per heavy atom. The molecule has 0 bridgehead atoms. The first-order chi connectivity index (χ1) is 11.7. The molecule has 0 spiro atoms. The van der Waals surface area contributed by atoms with Gasteiger partial charge in [0.25, 0.3) is 0 Å². The summed E-state index contributed by atoms with van der Waals surface area (Å²) in [6.07, 6.45) is 3.46. The highest BCUT2D eigenvalue weighted by molar-refractivity contribution is 5.92. The zero-order valence-corrected chi connectivity index (χ0v) is 14.1. The molecule has 0 saturated carbocycles. The van der Waals surface area contributed by atoms with E-state index in [1.807, 2.05) is 6.07 Å². The molecule has 1 heterocycles. The van der Waals surface area contributed by atoms with Crippen LogP contribution >= 0.6 is 0 Å². The maximum atomic E-state index is 11.6. The van der Waals surface area contributed by atoms with E-state index in [1.54, 1.807) is 12.1 Å². The lowest BCUT2D eigenvalue weighted by Gasteiger charge is -2.34. The lowest BCUT2D eigenvalue weighted by molar-refractivity contribution is 0.0601. The highest BCUT2D eigenvalue weighted by atomic mass is 16.5. The Balaban J connectivity index is 1.61. The molecule has 4 heteroatoms. The number of hydrogen-bond donors (Lipinski definition) is 1. The zero-order chi connectivity index (χ0) is 16.9. The topological polar surface area (TPSA) is 55.6 Å². The maximum Gasteiger partial charge on any atom is 0.337 e. The van der Waals surface area contributed by atoms with E-state index in [4.69, 9.17) is 10.5 Å². The van der Waals surface area contributed by atoms with E-state index in [-0.39, 0.29) is 5.97 Å². The van der Waals surface area contributed by atoms with Gasteiger partial charge in [0.2, 0.25) is 0 Å². The van der Waals surface area contributed by atoms with Gasteiger partial charge in [-0.2, -0.15) is 0 Å². The summed E-state index contributed by atoms with van der Waals surface area (Å²) < 4.78 is 4.74. The van der Waals surface area contributed by atoms with Gasteiger partial charge in [-0.05, 0) is 48.9 Å². The predicted octanol–water partition coefficient (Wildman–Crippen LogP) is 3.51. The molecule has 4 nitrogen and oxygen atoms in total. The van der Waals surface area contributed by atoms with Crippen LogP contribution in [0, 0.1) is 5.92 Å². The zero-order valence-electron chi connectivity index (χ0n) is 14.1.